The SMILES string of the molecule is Cc1nccnc1C(C)N(CCC(=O)O)c1ccccc1. The third-order valence-corrected chi connectivity index (χ3v) is 3.44. The molecule has 0 amide bonds. The van der Waals surface area contributed by atoms with Gasteiger partial charge in [0.1, 0.15) is 0 Å². The predicted octanol–water partition coefficient (Wildman–Crippen LogP) is 2.83. The van der Waals surface area contributed by atoms with Crippen molar-refractivity contribution in [3.8, 4) is 0 Å². The van der Waals surface area contributed by atoms with Crippen LogP contribution in [0.3, 0.4) is 0 Å². The second kappa shape index (κ2) is 6.83. The van der Waals surface area contributed by atoms with E-state index in [1.807, 2.05) is 49.1 Å². The second-order valence-electron chi connectivity index (χ2n) is 4.88. The van der Waals surface area contributed by atoms with E-state index in [1.54, 1.807) is 12.4 Å². The number of anilines is 1. The average molecular weight is 285 g/mol. The van der Waals surface area contributed by atoms with Gasteiger partial charge in [0, 0.05) is 24.6 Å². The molecule has 0 aliphatic carbocycles. The lowest BCUT2D eigenvalue weighted by Gasteiger charge is -2.31. The molecule has 0 aliphatic rings. The van der Waals surface area contributed by atoms with Crippen LogP contribution in [-0.2, 0) is 4.79 Å². The van der Waals surface area contributed by atoms with Crippen molar-refractivity contribution in [2.24, 2.45) is 0 Å². The molecular weight excluding hydrogens is 266 g/mol. The molecule has 0 bridgehead atoms. The zero-order valence-electron chi connectivity index (χ0n) is 12.2. The number of aliphatic carboxylic acids is 1. The van der Waals surface area contributed by atoms with E-state index in [2.05, 4.69) is 9.97 Å². The van der Waals surface area contributed by atoms with Gasteiger partial charge in [0.15, 0.2) is 0 Å². The molecule has 0 spiro atoms. The molecule has 0 saturated carbocycles. The van der Waals surface area contributed by atoms with Crippen LogP contribution in [0.2, 0.25) is 0 Å². The lowest BCUT2D eigenvalue weighted by Crippen LogP contribution is -2.30. The molecule has 1 heterocycles. The Hall–Kier alpha value is -2.43. The first-order chi connectivity index (χ1) is 10.1. The van der Waals surface area contributed by atoms with Crippen LogP contribution in [0, 0.1) is 6.92 Å². The predicted molar refractivity (Wildman–Crippen MR) is 81.2 cm³/mol. The number of hydrogen-bond donors (Lipinski definition) is 1. The summed E-state index contributed by atoms with van der Waals surface area (Å²) in [6.45, 7) is 4.36. The number of rotatable bonds is 6. The smallest absolute Gasteiger partial charge is 0.305 e. The summed E-state index contributed by atoms with van der Waals surface area (Å²) in [6.07, 6.45) is 3.41. The number of carboxylic acids is 1. The van der Waals surface area contributed by atoms with E-state index in [4.69, 9.17) is 5.11 Å². The summed E-state index contributed by atoms with van der Waals surface area (Å²) < 4.78 is 0. The van der Waals surface area contributed by atoms with Gasteiger partial charge in [0.05, 0.1) is 23.9 Å². The van der Waals surface area contributed by atoms with Gasteiger partial charge in [0.2, 0.25) is 0 Å². The quantitative estimate of drug-likeness (QED) is 0.884. The lowest BCUT2D eigenvalue weighted by atomic mass is 10.1. The molecule has 110 valence electrons. The van der Waals surface area contributed by atoms with Crippen molar-refractivity contribution < 1.29 is 9.90 Å². The molecule has 5 nitrogen and oxygen atoms in total. The molecule has 1 aromatic carbocycles. The Morgan fingerprint density at radius 1 is 1.24 bits per heavy atom. The third kappa shape index (κ3) is 3.78. The highest BCUT2D eigenvalue weighted by Crippen LogP contribution is 2.26. The summed E-state index contributed by atoms with van der Waals surface area (Å²) in [4.78, 5) is 21.6. The van der Waals surface area contributed by atoms with E-state index in [9.17, 15) is 4.79 Å². The Kier molecular flexibility index (Phi) is 4.87. The summed E-state index contributed by atoms with van der Waals surface area (Å²) in [5.41, 5.74) is 2.71. The van der Waals surface area contributed by atoms with Crippen LogP contribution >= 0.6 is 0 Å². The van der Waals surface area contributed by atoms with Crippen LogP contribution < -0.4 is 4.90 Å². The van der Waals surface area contributed by atoms with E-state index in [0.717, 1.165) is 17.1 Å². The molecule has 0 fully saturated rings. The summed E-state index contributed by atoms with van der Waals surface area (Å²) in [6, 6.07) is 9.74. The molecule has 1 N–H and O–H groups in total. The molecule has 1 aromatic heterocycles. The minimum Gasteiger partial charge on any atom is -0.481 e. The van der Waals surface area contributed by atoms with Crippen molar-refractivity contribution >= 4 is 11.7 Å². The number of para-hydroxylation sites is 1. The normalized spacial score (nSPS) is 11.9. The number of benzene rings is 1. The fourth-order valence-corrected chi connectivity index (χ4v) is 2.36. The molecule has 1 unspecified atom stereocenters. The molecule has 0 saturated heterocycles. The molecule has 2 aromatic rings. The van der Waals surface area contributed by atoms with E-state index in [1.165, 1.54) is 0 Å². The molecule has 0 aliphatic heterocycles. The van der Waals surface area contributed by atoms with Crippen LogP contribution in [0.25, 0.3) is 0 Å². The van der Waals surface area contributed by atoms with E-state index in [0.29, 0.717) is 6.54 Å². The highest BCUT2D eigenvalue weighted by Gasteiger charge is 2.20. The first-order valence-electron chi connectivity index (χ1n) is 6.90. The average Bonchev–Trinajstić information content (AvgIpc) is 2.48. The van der Waals surface area contributed by atoms with Crippen LogP contribution in [0.15, 0.2) is 42.7 Å². The second-order valence-corrected chi connectivity index (χ2v) is 4.88. The van der Waals surface area contributed by atoms with Gasteiger partial charge in [-0.2, -0.15) is 0 Å². The lowest BCUT2D eigenvalue weighted by molar-refractivity contribution is -0.136. The summed E-state index contributed by atoms with van der Waals surface area (Å²) >= 11 is 0. The van der Waals surface area contributed by atoms with Gasteiger partial charge in [-0.3, -0.25) is 14.8 Å². The van der Waals surface area contributed by atoms with Crippen molar-refractivity contribution in [3.63, 3.8) is 0 Å². The van der Waals surface area contributed by atoms with E-state index in [-0.39, 0.29) is 12.5 Å². The minimum absolute atomic E-state index is 0.0413. The molecule has 21 heavy (non-hydrogen) atoms. The van der Waals surface area contributed by atoms with Gasteiger partial charge in [-0.25, -0.2) is 0 Å². The van der Waals surface area contributed by atoms with Gasteiger partial charge in [-0.15, -0.1) is 0 Å². The van der Waals surface area contributed by atoms with E-state index < -0.39 is 5.97 Å². The molecular formula is C16H19N3O2. The van der Waals surface area contributed by atoms with Gasteiger partial charge in [-0.1, -0.05) is 18.2 Å². The summed E-state index contributed by atoms with van der Waals surface area (Å²) in [7, 11) is 0. The highest BCUT2D eigenvalue weighted by molar-refractivity contribution is 5.67. The van der Waals surface area contributed by atoms with Gasteiger partial charge >= 0.3 is 5.97 Å². The van der Waals surface area contributed by atoms with E-state index >= 15 is 0 Å². The number of carboxylic acid groups (broad SMARTS) is 1. The first-order valence-corrected chi connectivity index (χ1v) is 6.90. The van der Waals surface area contributed by atoms with Crippen molar-refractivity contribution in [1.29, 1.82) is 0 Å². The van der Waals surface area contributed by atoms with Crippen molar-refractivity contribution in [3.05, 3.63) is 54.1 Å². The third-order valence-electron chi connectivity index (χ3n) is 3.44. The Morgan fingerprint density at radius 3 is 2.52 bits per heavy atom. The van der Waals surface area contributed by atoms with Crippen LogP contribution in [-0.4, -0.2) is 27.6 Å². The summed E-state index contributed by atoms with van der Waals surface area (Å²) in [5, 5.41) is 8.96. The maximum atomic E-state index is 10.9. The van der Waals surface area contributed by atoms with Crippen molar-refractivity contribution in [1.82, 2.24) is 9.97 Å². The highest BCUT2D eigenvalue weighted by atomic mass is 16.4. The first kappa shape index (κ1) is 15.0. The molecule has 2 rings (SSSR count). The van der Waals surface area contributed by atoms with Crippen molar-refractivity contribution in [2.45, 2.75) is 26.3 Å². The number of hydrogen-bond acceptors (Lipinski definition) is 4. The maximum Gasteiger partial charge on any atom is 0.305 e. The maximum absolute atomic E-state index is 10.9. The largest absolute Gasteiger partial charge is 0.481 e. The summed E-state index contributed by atoms with van der Waals surface area (Å²) in [5.74, 6) is -0.806. The topological polar surface area (TPSA) is 66.3 Å². The fraction of sp³-hybridized carbons (Fsp3) is 0.312. The van der Waals surface area contributed by atoms with Gasteiger partial charge < -0.3 is 10.0 Å². The van der Waals surface area contributed by atoms with Gasteiger partial charge in [0.25, 0.3) is 0 Å². The zero-order chi connectivity index (χ0) is 15.2. The monoisotopic (exact) mass is 285 g/mol. The van der Waals surface area contributed by atoms with Crippen LogP contribution in [0.1, 0.15) is 30.8 Å². The Labute approximate surface area is 124 Å². The van der Waals surface area contributed by atoms with Crippen molar-refractivity contribution in [2.75, 3.05) is 11.4 Å². The van der Waals surface area contributed by atoms with Crippen LogP contribution in [0.4, 0.5) is 5.69 Å². The zero-order valence-corrected chi connectivity index (χ0v) is 12.2. The molecule has 0 radical (unpaired) electrons. The molecule has 1 atom stereocenters. The standard InChI is InChI=1S/C16H19N3O2/c1-12-16(18-10-9-17-12)13(2)19(11-8-15(20)21)14-6-4-3-5-7-14/h3-7,9-10,13H,8,11H2,1-2H3,(H,20,21). The van der Waals surface area contributed by atoms with Gasteiger partial charge in [-0.05, 0) is 26.0 Å². The fourth-order valence-electron chi connectivity index (χ4n) is 2.36. The number of nitrogens with zero attached hydrogens (tertiary/aromatic N) is 3. The number of carbonyl (C=O) groups is 1. The Morgan fingerprint density at radius 2 is 1.90 bits per heavy atom. The number of aryl methyl sites for hydroxylation is 1. The Balaban J connectivity index is 2.30. The minimum atomic E-state index is -0.806. The number of aromatic nitrogens is 2. The van der Waals surface area contributed by atoms with Crippen LogP contribution in [0.5, 0.6) is 0 Å². The Bertz CT molecular complexity index is 601. The molecule has 5 heteroatoms.